The maximum atomic E-state index is 12.0. The number of carbonyl (C=O) groups is 1. The summed E-state index contributed by atoms with van der Waals surface area (Å²) in [6.45, 7) is 1.56. The lowest BCUT2D eigenvalue weighted by atomic mass is 9.98. The van der Waals surface area contributed by atoms with Crippen LogP contribution in [0, 0.1) is 0 Å². The molecule has 1 heterocycles. The Kier molecular flexibility index (Phi) is 4.71. The van der Waals surface area contributed by atoms with Crippen molar-refractivity contribution in [3.05, 3.63) is 64.1 Å². The summed E-state index contributed by atoms with van der Waals surface area (Å²) < 4.78 is 1.03. The highest BCUT2D eigenvalue weighted by molar-refractivity contribution is 9.10. The van der Waals surface area contributed by atoms with E-state index in [2.05, 4.69) is 50.2 Å². The molecule has 0 saturated heterocycles. The lowest BCUT2D eigenvalue weighted by molar-refractivity contribution is -0.130. The van der Waals surface area contributed by atoms with E-state index in [-0.39, 0.29) is 11.9 Å². The van der Waals surface area contributed by atoms with Gasteiger partial charge in [-0.05, 0) is 35.4 Å². The molecule has 1 amide bonds. The van der Waals surface area contributed by atoms with Crippen LogP contribution in [0.4, 0.5) is 5.69 Å². The fourth-order valence-electron chi connectivity index (χ4n) is 2.87. The molecule has 0 saturated carbocycles. The topological polar surface area (TPSA) is 35.9 Å². The molecule has 0 unspecified atom stereocenters. The zero-order valence-electron chi connectivity index (χ0n) is 14.0. The standard InChI is InChI=1S/C19H20BrN3O/c1-13(24)23-19(15-4-8-16(20)9-5-15)12-18(21-23)14-6-10-17(11-7-14)22(2)3/h4-11,19H,12H2,1-3H3/t19-/m1/s1. The largest absolute Gasteiger partial charge is 0.378 e. The summed E-state index contributed by atoms with van der Waals surface area (Å²) >= 11 is 3.45. The number of carbonyl (C=O) groups excluding carboxylic acids is 1. The molecular formula is C19H20BrN3O. The highest BCUT2D eigenvalue weighted by atomic mass is 79.9. The third-order valence-corrected chi connectivity index (χ3v) is 4.73. The van der Waals surface area contributed by atoms with E-state index in [0.29, 0.717) is 0 Å². The molecule has 0 N–H and O–H groups in total. The summed E-state index contributed by atoms with van der Waals surface area (Å²) in [6, 6.07) is 16.3. The minimum absolute atomic E-state index is 0.0390. The molecule has 2 aromatic carbocycles. The van der Waals surface area contributed by atoms with E-state index in [1.165, 1.54) is 0 Å². The Bertz CT molecular complexity index is 766. The number of halogens is 1. The number of hydrogen-bond acceptors (Lipinski definition) is 3. The van der Waals surface area contributed by atoms with Crippen molar-refractivity contribution in [3.8, 4) is 0 Å². The van der Waals surface area contributed by atoms with Gasteiger partial charge in [0.05, 0.1) is 11.8 Å². The molecule has 2 aromatic rings. The summed E-state index contributed by atoms with van der Waals surface area (Å²) in [7, 11) is 4.03. The average molecular weight is 386 g/mol. The van der Waals surface area contributed by atoms with Crippen LogP contribution in [0.25, 0.3) is 0 Å². The fraction of sp³-hybridized carbons (Fsp3) is 0.263. The maximum absolute atomic E-state index is 12.0. The van der Waals surface area contributed by atoms with Gasteiger partial charge in [-0.25, -0.2) is 5.01 Å². The van der Waals surface area contributed by atoms with Crippen LogP contribution >= 0.6 is 15.9 Å². The molecule has 0 bridgehead atoms. The summed E-state index contributed by atoms with van der Waals surface area (Å²) in [5, 5.41) is 6.18. The smallest absolute Gasteiger partial charge is 0.240 e. The van der Waals surface area contributed by atoms with Crippen molar-refractivity contribution >= 4 is 33.2 Å². The van der Waals surface area contributed by atoms with Crippen molar-refractivity contribution in [1.29, 1.82) is 0 Å². The van der Waals surface area contributed by atoms with E-state index in [0.717, 1.165) is 33.4 Å². The molecule has 1 aliphatic rings. The zero-order chi connectivity index (χ0) is 17.3. The van der Waals surface area contributed by atoms with Crippen LogP contribution in [0.3, 0.4) is 0 Å². The predicted molar refractivity (Wildman–Crippen MR) is 101 cm³/mol. The number of benzene rings is 2. The molecule has 124 valence electrons. The van der Waals surface area contributed by atoms with Crippen LogP contribution in [0.15, 0.2) is 58.1 Å². The monoisotopic (exact) mass is 385 g/mol. The Hall–Kier alpha value is -2.14. The van der Waals surface area contributed by atoms with Gasteiger partial charge in [-0.3, -0.25) is 4.79 Å². The van der Waals surface area contributed by atoms with E-state index in [1.807, 2.05) is 38.4 Å². The van der Waals surface area contributed by atoms with E-state index >= 15 is 0 Å². The molecule has 1 atom stereocenters. The molecule has 0 aromatic heterocycles. The van der Waals surface area contributed by atoms with Crippen LogP contribution in [-0.4, -0.2) is 30.7 Å². The zero-order valence-corrected chi connectivity index (χ0v) is 15.6. The van der Waals surface area contributed by atoms with Gasteiger partial charge in [0, 0.05) is 37.6 Å². The summed E-state index contributed by atoms with van der Waals surface area (Å²) in [5.74, 6) is -0.0390. The Morgan fingerprint density at radius 1 is 1.12 bits per heavy atom. The SMILES string of the molecule is CC(=O)N1N=C(c2ccc(N(C)C)cc2)C[C@@H]1c1ccc(Br)cc1. The van der Waals surface area contributed by atoms with Crippen molar-refractivity contribution in [2.24, 2.45) is 5.10 Å². The van der Waals surface area contributed by atoms with Crippen molar-refractivity contribution in [2.45, 2.75) is 19.4 Å². The van der Waals surface area contributed by atoms with Gasteiger partial charge in [-0.2, -0.15) is 5.10 Å². The van der Waals surface area contributed by atoms with E-state index in [9.17, 15) is 4.79 Å². The maximum Gasteiger partial charge on any atom is 0.240 e. The molecule has 0 radical (unpaired) electrons. The van der Waals surface area contributed by atoms with Crippen molar-refractivity contribution in [2.75, 3.05) is 19.0 Å². The van der Waals surface area contributed by atoms with Crippen molar-refractivity contribution in [1.82, 2.24) is 5.01 Å². The normalized spacial score (nSPS) is 16.9. The Morgan fingerprint density at radius 2 is 1.75 bits per heavy atom. The minimum Gasteiger partial charge on any atom is -0.378 e. The Morgan fingerprint density at radius 3 is 2.29 bits per heavy atom. The Balaban J connectivity index is 1.89. The van der Waals surface area contributed by atoms with Crippen LogP contribution in [0.2, 0.25) is 0 Å². The molecule has 0 aliphatic carbocycles. The minimum atomic E-state index is -0.0425. The third-order valence-electron chi connectivity index (χ3n) is 4.20. The second-order valence-electron chi connectivity index (χ2n) is 6.12. The number of hydrogen-bond donors (Lipinski definition) is 0. The van der Waals surface area contributed by atoms with Crippen LogP contribution in [-0.2, 0) is 4.79 Å². The van der Waals surface area contributed by atoms with Gasteiger partial charge in [0.15, 0.2) is 0 Å². The number of rotatable bonds is 3. The van der Waals surface area contributed by atoms with Crippen LogP contribution < -0.4 is 4.90 Å². The fourth-order valence-corrected chi connectivity index (χ4v) is 3.14. The van der Waals surface area contributed by atoms with Crippen molar-refractivity contribution in [3.63, 3.8) is 0 Å². The van der Waals surface area contributed by atoms with E-state index in [4.69, 9.17) is 0 Å². The quantitative estimate of drug-likeness (QED) is 0.792. The summed E-state index contributed by atoms with van der Waals surface area (Å²) in [4.78, 5) is 14.1. The van der Waals surface area contributed by atoms with E-state index in [1.54, 1.807) is 11.9 Å². The van der Waals surface area contributed by atoms with Gasteiger partial charge in [0.25, 0.3) is 0 Å². The van der Waals surface area contributed by atoms with Crippen LogP contribution in [0.5, 0.6) is 0 Å². The molecule has 5 heteroatoms. The molecule has 0 spiro atoms. The van der Waals surface area contributed by atoms with Gasteiger partial charge in [-0.1, -0.05) is 40.2 Å². The second kappa shape index (κ2) is 6.77. The third kappa shape index (κ3) is 3.36. The molecule has 0 fully saturated rings. The highest BCUT2D eigenvalue weighted by Crippen LogP contribution is 2.33. The highest BCUT2D eigenvalue weighted by Gasteiger charge is 2.31. The number of amides is 1. The average Bonchev–Trinajstić information content (AvgIpc) is 3.01. The first-order valence-electron chi connectivity index (χ1n) is 7.86. The Labute approximate surface area is 150 Å². The number of anilines is 1. The van der Waals surface area contributed by atoms with E-state index < -0.39 is 0 Å². The van der Waals surface area contributed by atoms with Gasteiger partial charge in [0.1, 0.15) is 0 Å². The second-order valence-corrected chi connectivity index (χ2v) is 7.04. The van der Waals surface area contributed by atoms with Gasteiger partial charge < -0.3 is 4.90 Å². The lowest BCUT2D eigenvalue weighted by Gasteiger charge is -2.20. The first-order chi connectivity index (χ1) is 11.5. The molecule has 1 aliphatic heterocycles. The lowest BCUT2D eigenvalue weighted by Crippen LogP contribution is -2.24. The van der Waals surface area contributed by atoms with Gasteiger partial charge >= 0.3 is 0 Å². The van der Waals surface area contributed by atoms with Gasteiger partial charge in [-0.15, -0.1) is 0 Å². The molecule has 4 nitrogen and oxygen atoms in total. The molecule has 3 rings (SSSR count). The summed E-state index contributed by atoms with van der Waals surface area (Å²) in [5.41, 5.74) is 4.25. The van der Waals surface area contributed by atoms with Crippen molar-refractivity contribution < 1.29 is 4.79 Å². The molecule has 24 heavy (non-hydrogen) atoms. The first-order valence-corrected chi connectivity index (χ1v) is 8.65. The van der Waals surface area contributed by atoms with Gasteiger partial charge in [0.2, 0.25) is 5.91 Å². The summed E-state index contributed by atoms with van der Waals surface area (Å²) in [6.07, 6.45) is 0.725. The van der Waals surface area contributed by atoms with Crippen LogP contribution in [0.1, 0.15) is 30.5 Å². The first kappa shape index (κ1) is 16.7. The number of hydrazone groups is 1. The molecular weight excluding hydrogens is 366 g/mol. The number of nitrogens with zero attached hydrogens (tertiary/aromatic N) is 3. The predicted octanol–water partition coefficient (Wildman–Crippen LogP) is 4.21.